The van der Waals surface area contributed by atoms with Crippen molar-refractivity contribution in [3.63, 3.8) is 0 Å². The summed E-state index contributed by atoms with van der Waals surface area (Å²) < 4.78 is 11.3. The summed E-state index contributed by atoms with van der Waals surface area (Å²) in [6.45, 7) is 5.00. The van der Waals surface area contributed by atoms with Gasteiger partial charge in [0.2, 0.25) is 0 Å². The number of fused-ring (bicyclic) bond motifs is 1. The monoisotopic (exact) mass is 429 g/mol. The lowest BCUT2D eigenvalue weighted by atomic mass is 10.0. The summed E-state index contributed by atoms with van der Waals surface area (Å²) in [4.78, 5) is 26.7. The SMILES string of the molecule is CCCOC(=O)CCN1C(=O)/C(=C/c2c(OCC)ccc3ccccc23)SC1=S. The van der Waals surface area contributed by atoms with Crippen LogP contribution in [0.5, 0.6) is 5.75 Å². The second kappa shape index (κ2) is 9.89. The lowest BCUT2D eigenvalue weighted by molar-refractivity contribution is -0.143. The first kappa shape index (κ1) is 21.3. The summed E-state index contributed by atoms with van der Waals surface area (Å²) in [5.74, 6) is 0.204. The lowest BCUT2D eigenvalue weighted by Gasteiger charge is -2.14. The molecule has 2 aromatic carbocycles. The van der Waals surface area contributed by atoms with Gasteiger partial charge in [0, 0.05) is 12.1 Å². The van der Waals surface area contributed by atoms with Gasteiger partial charge in [-0.2, -0.15) is 0 Å². The van der Waals surface area contributed by atoms with Gasteiger partial charge in [0.25, 0.3) is 5.91 Å². The number of nitrogens with zero attached hydrogens (tertiary/aromatic N) is 1. The maximum atomic E-state index is 12.9. The van der Waals surface area contributed by atoms with Gasteiger partial charge in [-0.3, -0.25) is 14.5 Å². The van der Waals surface area contributed by atoms with Crippen molar-refractivity contribution in [2.45, 2.75) is 26.7 Å². The Morgan fingerprint density at radius 1 is 1.21 bits per heavy atom. The quantitative estimate of drug-likeness (QED) is 0.342. The normalized spacial score (nSPS) is 15.4. The number of rotatable bonds is 8. The van der Waals surface area contributed by atoms with Crippen LogP contribution >= 0.6 is 24.0 Å². The van der Waals surface area contributed by atoms with Gasteiger partial charge in [-0.1, -0.05) is 61.2 Å². The molecule has 0 saturated carbocycles. The molecule has 2 aromatic rings. The maximum Gasteiger partial charge on any atom is 0.307 e. The van der Waals surface area contributed by atoms with E-state index in [1.54, 1.807) is 0 Å². The van der Waals surface area contributed by atoms with E-state index in [1.807, 2.05) is 56.3 Å². The minimum Gasteiger partial charge on any atom is -0.493 e. The van der Waals surface area contributed by atoms with E-state index >= 15 is 0 Å². The van der Waals surface area contributed by atoms with Gasteiger partial charge in [-0.05, 0) is 36.3 Å². The van der Waals surface area contributed by atoms with Crippen molar-refractivity contribution in [3.8, 4) is 5.75 Å². The molecule has 5 nitrogen and oxygen atoms in total. The van der Waals surface area contributed by atoms with Crippen LogP contribution in [0.15, 0.2) is 41.3 Å². The van der Waals surface area contributed by atoms with Crippen molar-refractivity contribution >= 4 is 57.0 Å². The molecule has 1 amide bonds. The average Bonchev–Trinajstić information content (AvgIpc) is 2.99. The van der Waals surface area contributed by atoms with E-state index in [1.165, 1.54) is 16.7 Å². The van der Waals surface area contributed by atoms with Gasteiger partial charge in [0.1, 0.15) is 10.1 Å². The number of hydrogen-bond donors (Lipinski definition) is 0. The van der Waals surface area contributed by atoms with Crippen molar-refractivity contribution in [1.29, 1.82) is 0 Å². The van der Waals surface area contributed by atoms with Crippen LogP contribution in [0.3, 0.4) is 0 Å². The van der Waals surface area contributed by atoms with Crippen molar-refractivity contribution in [2.75, 3.05) is 19.8 Å². The second-order valence-corrected chi connectivity index (χ2v) is 8.11. The number of carbonyl (C=O) groups is 2. The maximum absolute atomic E-state index is 12.9. The molecule has 0 radical (unpaired) electrons. The molecule has 1 saturated heterocycles. The fourth-order valence-corrected chi connectivity index (χ4v) is 4.31. The fourth-order valence-electron chi connectivity index (χ4n) is 3.02. The molecule has 0 bridgehead atoms. The minimum atomic E-state index is -0.322. The number of carbonyl (C=O) groups excluding carboxylic acids is 2. The molecule has 7 heteroatoms. The predicted molar refractivity (Wildman–Crippen MR) is 121 cm³/mol. The molecule has 3 rings (SSSR count). The molecule has 0 aromatic heterocycles. The van der Waals surface area contributed by atoms with Gasteiger partial charge in [-0.25, -0.2) is 0 Å². The number of amides is 1. The van der Waals surface area contributed by atoms with Crippen molar-refractivity contribution in [1.82, 2.24) is 4.90 Å². The zero-order chi connectivity index (χ0) is 20.8. The number of esters is 1. The van der Waals surface area contributed by atoms with E-state index in [0.717, 1.165) is 28.5 Å². The van der Waals surface area contributed by atoms with E-state index in [-0.39, 0.29) is 24.8 Å². The molecule has 0 aliphatic carbocycles. The van der Waals surface area contributed by atoms with Crippen molar-refractivity contribution < 1.29 is 19.1 Å². The van der Waals surface area contributed by atoms with Gasteiger partial charge in [0.05, 0.1) is 24.5 Å². The Morgan fingerprint density at radius 3 is 2.76 bits per heavy atom. The highest BCUT2D eigenvalue weighted by Crippen LogP contribution is 2.37. The van der Waals surface area contributed by atoms with Gasteiger partial charge >= 0.3 is 5.97 Å². The van der Waals surface area contributed by atoms with E-state index in [2.05, 4.69) is 0 Å². The topological polar surface area (TPSA) is 55.8 Å². The highest BCUT2D eigenvalue weighted by atomic mass is 32.2. The smallest absolute Gasteiger partial charge is 0.307 e. The van der Waals surface area contributed by atoms with E-state index in [9.17, 15) is 9.59 Å². The molecule has 152 valence electrons. The molecule has 1 aliphatic heterocycles. The molecule has 1 heterocycles. The molecule has 0 spiro atoms. The molecular formula is C22H23NO4S2. The Balaban J connectivity index is 1.86. The molecule has 0 unspecified atom stereocenters. The second-order valence-electron chi connectivity index (χ2n) is 6.44. The highest BCUT2D eigenvalue weighted by Gasteiger charge is 2.32. The first-order valence-corrected chi connectivity index (χ1v) is 10.8. The third-order valence-corrected chi connectivity index (χ3v) is 5.76. The van der Waals surface area contributed by atoms with E-state index in [0.29, 0.717) is 22.4 Å². The molecular weight excluding hydrogens is 406 g/mol. The van der Waals surface area contributed by atoms with Crippen LogP contribution in [0.4, 0.5) is 0 Å². The molecule has 0 atom stereocenters. The summed E-state index contributed by atoms with van der Waals surface area (Å²) in [5, 5.41) is 2.07. The first-order valence-electron chi connectivity index (χ1n) is 9.60. The summed E-state index contributed by atoms with van der Waals surface area (Å²) in [6.07, 6.45) is 2.73. The van der Waals surface area contributed by atoms with Crippen molar-refractivity contribution in [3.05, 3.63) is 46.9 Å². The number of hydrogen-bond acceptors (Lipinski definition) is 6. The molecule has 1 fully saturated rings. The number of ether oxygens (including phenoxy) is 2. The summed E-state index contributed by atoms with van der Waals surface area (Å²) >= 11 is 6.62. The third kappa shape index (κ3) is 4.97. The highest BCUT2D eigenvalue weighted by molar-refractivity contribution is 8.26. The van der Waals surface area contributed by atoms with Crippen LogP contribution in [0.25, 0.3) is 16.8 Å². The molecule has 1 aliphatic rings. The zero-order valence-corrected chi connectivity index (χ0v) is 18.1. The number of thiocarbonyl (C=S) groups is 1. The predicted octanol–water partition coefficient (Wildman–Crippen LogP) is 4.78. The number of benzene rings is 2. The fraction of sp³-hybridized carbons (Fsp3) is 0.318. The summed E-state index contributed by atoms with van der Waals surface area (Å²) in [6, 6.07) is 11.9. The van der Waals surface area contributed by atoms with Crippen LogP contribution in [0, 0.1) is 0 Å². The summed E-state index contributed by atoms with van der Waals surface area (Å²) in [5.41, 5.74) is 0.854. The number of thioether (sulfide) groups is 1. The van der Waals surface area contributed by atoms with Crippen LogP contribution in [-0.4, -0.2) is 40.9 Å². The Labute approximate surface area is 180 Å². The largest absolute Gasteiger partial charge is 0.493 e. The van der Waals surface area contributed by atoms with Crippen LogP contribution < -0.4 is 4.74 Å². The van der Waals surface area contributed by atoms with E-state index < -0.39 is 0 Å². The van der Waals surface area contributed by atoms with Crippen molar-refractivity contribution in [2.24, 2.45) is 0 Å². The van der Waals surface area contributed by atoms with Crippen LogP contribution in [0.1, 0.15) is 32.3 Å². The minimum absolute atomic E-state index is 0.123. The van der Waals surface area contributed by atoms with Gasteiger partial charge in [-0.15, -0.1) is 0 Å². The zero-order valence-electron chi connectivity index (χ0n) is 16.5. The molecule has 0 N–H and O–H groups in total. The van der Waals surface area contributed by atoms with E-state index in [4.69, 9.17) is 21.7 Å². The standard InChI is InChI=1S/C22H23NO4S2/c1-3-13-27-20(24)11-12-23-21(25)19(29-22(23)28)14-17-16-8-6-5-7-15(16)9-10-18(17)26-4-2/h5-10,14H,3-4,11-13H2,1-2H3/b19-14-. The Morgan fingerprint density at radius 2 is 2.00 bits per heavy atom. The Hall–Kier alpha value is -2.38. The summed E-state index contributed by atoms with van der Waals surface area (Å²) in [7, 11) is 0. The molecule has 29 heavy (non-hydrogen) atoms. The van der Waals surface area contributed by atoms with Gasteiger partial charge < -0.3 is 9.47 Å². The third-order valence-electron chi connectivity index (χ3n) is 4.39. The Bertz CT molecular complexity index is 970. The van der Waals surface area contributed by atoms with Crippen LogP contribution in [-0.2, 0) is 14.3 Å². The average molecular weight is 430 g/mol. The lowest BCUT2D eigenvalue weighted by Crippen LogP contribution is -2.30. The van der Waals surface area contributed by atoms with Crippen LogP contribution in [0.2, 0.25) is 0 Å². The Kier molecular flexibility index (Phi) is 7.28. The van der Waals surface area contributed by atoms with Gasteiger partial charge in [0.15, 0.2) is 0 Å². The first-order chi connectivity index (χ1) is 14.0.